The molecule has 0 radical (unpaired) electrons. The first-order valence-electron chi connectivity index (χ1n) is 12.8. The Bertz CT molecular complexity index is 1510. The average Bonchev–Trinajstić information content (AvgIpc) is 3.57. The van der Waals surface area contributed by atoms with Gasteiger partial charge in [0.05, 0.1) is 22.5 Å². The molecule has 7 heteroatoms. The zero-order valence-electron chi connectivity index (χ0n) is 21.0. The van der Waals surface area contributed by atoms with E-state index in [4.69, 9.17) is 4.99 Å². The molecule has 5 rings (SSSR count). The van der Waals surface area contributed by atoms with Gasteiger partial charge in [0, 0.05) is 35.5 Å². The third kappa shape index (κ3) is 6.73. The molecular weight excluding hydrogens is 491 g/mol. The number of hydrogen-bond donors (Lipinski definition) is 3. The summed E-state index contributed by atoms with van der Waals surface area (Å²) in [5, 5.41) is 14.1. The van der Waals surface area contributed by atoms with Crippen molar-refractivity contribution in [3.8, 4) is 17.7 Å². The third-order valence-electron chi connectivity index (χ3n) is 6.55. The molecule has 0 unspecified atom stereocenters. The predicted molar refractivity (Wildman–Crippen MR) is 155 cm³/mol. The molecule has 1 amide bonds. The van der Waals surface area contributed by atoms with Crippen LogP contribution in [0.3, 0.4) is 0 Å². The first kappa shape index (κ1) is 27.6. The van der Waals surface area contributed by atoms with Gasteiger partial charge < -0.3 is 15.4 Å². The molecule has 2 heterocycles. The lowest BCUT2D eigenvalue weighted by Gasteiger charge is -2.14. The van der Waals surface area contributed by atoms with Crippen LogP contribution in [0, 0.1) is 11.8 Å². The van der Waals surface area contributed by atoms with E-state index in [1.54, 1.807) is 12.1 Å². The molecular formula is C32H33FN4O2. The fourth-order valence-corrected chi connectivity index (χ4v) is 4.70. The number of aromatic amines is 1. The Balaban J connectivity index is 0.00000353. The molecule has 1 fully saturated rings. The Morgan fingerprint density at radius 1 is 1.05 bits per heavy atom. The zero-order chi connectivity index (χ0) is 26.3. The van der Waals surface area contributed by atoms with Crippen molar-refractivity contribution in [2.45, 2.75) is 26.8 Å². The maximum absolute atomic E-state index is 12.2. The zero-order valence-corrected chi connectivity index (χ0v) is 21.0. The molecule has 3 aromatic carbocycles. The summed E-state index contributed by atoms with van der Waals surface area (Å²) in [6.07, 6.45) is 2.53. The highest BCUT2D eigenvalue weighted by Gasteiger charge is 2.19. The number of halogens is 1. The molecule has 0 spiro atoms. The van der Waals surface area contributed by atoms with Crippen molar-refractivity contribution in [1.82, 2.24) is 15.2 Å². The van der Waals surface area contributed by atoms with E-state index >= 15 is 0 Å². The number of aromatic hydroxyl groups is 1. The van der Waals surface area contributed by atoms with Crippen molar-refractivity contribution in [3.63, 3.8) is 0 Å². The second-order valence-electron chi connectivity index (χ2n) is 9.28. The Labute approximate surface area is 228 Å². The topological polar surface area (TPSA) is 80.7 Å². The van der Waals surface area contributed by atoms with Crippen molar-refractivity contribution < 1.29 is 14.3 Å². The molecule has 0 saturated carbocycles. The van der Waals surface area contributed by atoms with Crippen LogP contribution in [-0.4, -0.2) is 52.9 Å². The lowest BCUT2D eigenvalue weighted by molar-refractivity contribution is -0.115. The minimum atomic E-state index is -0.641. The van der Waals surface area contributed by atoms with E-state index in [-0.39, 0.29) is 19.9 Å². The van der Waals surface area contributed by atoms with Crippen LogP contribution in [0.15, 0.2) is 77.8 Å². The van der Waals surface area contributed by atoms with Gasteiger partial charge in [-0.2, -0.15) is 0 Å². The number of rotatable bonds is 7. The van der Waals surface area contributed by atoms with Crippen molar-refractivity contribution in [3.05, 3.63) is 95.1 Å². The molecule has 39 heavy (non-hydrogen) atoms. The number of H-pyrrole nitrogens is 1. The number of benzene rings is 3. The molecule has 1 aromatic heterocycles. The van der Waals surface area contributed by atoms with E-state index in [9.17, 15) is 14.3 Å². The standard InChI is InChI=1S/C31H29FN4O2.CH4/c32-16-17-33-28(37)15-11-22-10-14-26-27(20-22)35-31(38)29(26)30(24-6-2-1-3-7-24)34-25-12-8-23(9-13-25)21-36-18-4-5-19-36;/h1-3,6-10,12-14,20,35,38H,4-5,16-19,21H2,(H,33,37);1H4. The first-order valence-corrected chi connectivity index (χ1v) is 12.8. The van der Waals surface area contributed by atoms with Crippen LogP contribution < -0.4 is 5.32 Å². The van der Waals surface area contributed by atoms with E-state index in [0.717, 1.165) is 36.3 Å². The highest BCUT2D eigenvalue weighted by molar-refractivity contribution is 6.22. The minimum absolute atomic E-state index is 0. The number of likely N-dealkylation sites (tertiary alicyclic amines) is 1. The summed E-state index contributed by atoms with van der Waals surface area (Å²) in [7, 11) is 0. The van der Waals surface area contributed by atoms with E-state index in [0.29, 0.717) is 22.4 Å². The van der Waals surface area contributed by atoms with E-state index in [2.05, 4.69) is 39.2 Å². The lowest BCUT2D eigenvalue weighted by Crippen LogP contribution is -2.23. The Kier molecular flexibility index (Phi) is 9.14. The van der Waals surface area contributed by atoms with Crippen molar-refractivity contribution in [2.24, 2.45) is 4.99 Å². The van der Waals surface area contributed by atoms with Crippen molar-refractivity contribution >= 4 is 28.2 Å². The molecule has 0 aliphatic carbocycles. The van der Waals surface area contributed by atoms with Gasteiger partial charge in [-0.25, -0.2) is 9.38 Å². The molecule has 0 bridgehead atoms. The van der Waals surface area contributed by atoms with Crippen LogP contribution in [0.5, 0.6) is 5.88 Å². The normalized spacial score (nSPS) is 13.5. The summed E-state index contributed by atoms with van der Waals surface area (Å²) in [4.78, 5) is 22.2. The largest absolute Gasteiger partial charge is 0.494 e. The van der Waals surface area contributed by atoms with Gasteiger partial charge in [0.25, 0.3) is 5.91 Å². The van der Waals surface area contributed by atoms with Crippen LogP contribution in [0.1, 0.15) is 42.5 Å². The summed E-state index contributed by atoms with van der Waals surface area (Å²) in [6.45, 7) is 2.54. The van der Waals surface area contributed by atoms with Crippen LogP contribution >= 0.6 is 0 Å². The molecule has 1 aliphatic rings. The average molecular weight is 525 g/mol. The molecule has 3 N–H and O–H groups in total. The summed E-state index contributed by atoms with van der Waals surface area (Å²) < 4.78 is 12.2. The smallest absolute Gasteiger partial charge is 0.296 e. The van der Waals surface area contributed by atoms with Gasteiger partial charge in [0.15, 0.2) is 5.88 Å². The first-order chi connectivity index (χ1) is 18.6. The number of aromatic nitrogens is 1. The van der Waals surface area contributed by atoms with E-state index in [1.165, 1.54) is 18.4 Å². The number of fused-ring (bicyclic) bond motifs is 1. The maximum Gasteiger partial charge on any atom is 0.296 e. The second kappa shape index (κ2) is 12.9. The Morgan fingerprint density at radius 3 is 2.51 bits per heavy atom. The quantitative estimate of drug-likeness (QED) is 0.214. The third-order valence-corrected chi connectivity index (χ3v) is 6.55. The second-order valence-corrected chi connectivity index (χ2v) is 9.28. The number of aliphatic imine (C=N–C) groups is 1. The van der Waals surface area contributed by atoms with Crippen LogP contribution in [0.2, 0.25) is 0 Å². The fraction of sp³-hybridized carbons (Fsp3) is 0.250. The fourth-order valence-electron chi connectivity index (χ4n) is 4.70. The Morgan fingerprint density at radius 2 is 1.79 bits per heavy atom. The predicted octanol–water partition coefficient (Wildman–Crippen LogP) is 5.71. The molecule has 1 aliphatic heterocycles. The lowest BCUT2D eigenvalue weighted by atomic mass is 10.00. The van der Waals surface area contributed by atoms with Gasteiger partial charge in [-0.15, -0.1) is 0 Å². The number of nitrogens with zero attached hydrogens (tertiary/aromatic N) is 2. The number of carbonyl (C=O) groups excluding carboxylic acids is 1. The molecule has 200 valence electrons. The summed E-state index contributed by atoms with van der Waals surface area (Å²) in [6, 6.07) is 23.4. The van der Waals surface area contributed by atoms with Gasteiger partial charge in [-0.3, -0.25) is 9.69 Å². The summed E-state index contributed by atoms with van der Waals surface area (Å²) in [5.74, 6) is 4.70. The number of carbonyl (C=O) groups is 1. The van der Waals surface area contributed by atoms with Gasteiger partial charge in [0.2, 0.25) is 0 Å². The number of amides is 1. The van der Waals surface area contributed by atoms with Gasteiger partial charge in [-0.1, -0.05) is 61.9 Å². The van der Waals surface area contributed by atoms with Crippen molar-refractivity contribution in [2.75, 3.05) is 26.3 Å². The molecule has 0 atom stereocenters. The minimum Gasteiger partial charge on any atom is -0.494 e. The number of hydrogen-bond acceptors (Lipinski definition) is 4. The van der Waals surface area contributed by atoms with Crippen LogP contribution in [0.25, 0.3) is 10.9 Å². The maximum atomic E-state index is 12.2. The number of alkyl halides is 1. The molecule has 4 aromatic rings. The summed E-state index contributed by atoms with van der Waals surface area (Å²) >= 11 is 0. The van der Waals surface area contributed by atoms with E-state index in [1.807, 2.05) is 48.5 Å². The van der Waals surface area contributed by atoms with Gasteiger partial charge >= 0.3 is 0 Å². The van der Waals surface area contributed by atoms with Crippen molar-refractivity contribution in [1.29, 1.82) is 0 Å². The summed E-state index contributed by atoms with van der Waals surface area (Å²) in [5.41, 5.74) is 5.42. The van der Waals surface area contributed by atoms with Gasteiger partial charge in [-0.05, 0) is 55.8 Å². The Hall–Kier alpha value is -4.41. The number of nitrogens with one attached hydrogen (secondary N) is 2. The SMILES string of the molecule is C.O=C(C#Cc1ccc2c(C(=Nc3ccc(CN4CCCC4)cc3)c3ccccc3)c(O)[nH]c2c1)NCCF. The highest BCUT2D eigenvalue weighted by Crippen LogP contribution is 2.32. The monoisotopic (exact) mass is 524 g/mol. The molecule has 1 saturated heterocycles. The van der Waals surface area contributed by atoms with Crippen LogP contribution in [-0.2, 0) is 11.3 Å². The van der Waals surface area contributed by atoms with E-state index < -0.39 is 12.6 Å². The van der Waals surface area contributed by atoms with Gasteiger partial charge in [0.1, 0.15) is 6.67 Å². The highest BCUT2D eigenvalue weighted by atomic mass is 19.1. The molecule has 6 nitrogen and oxygen atoms in total. The van der Waals surface area contributed by atoms with Crippen LogP contribution in [0.4, 0.5) is 10.1 Å².